The molecule has 0 fully saturated rings. The zero-order chi connectivity index (χ0) is 10.4. The Bertz CT molecular complexity index is 260. The van der Waals surface area contributed by atoms with Crippen LogP contribution >= 0.6 is 0 Å². The van der Waals surface area contributed by atoms with Crippen LogP contribution < -0.4 is 5.32 Å². The van der Waals surface area contributed by atoms with E-state index in [0.29, 0.717) is 6.61 Å². The van der Waals surface area contributed by atoms with Gasteiger partial charge in [0.1, 0.15) is 5.82 Å². The van der Waals surface area contributed by atoms with Crippen molar-refractivity contribution >= 4 is 0 Å². The van der Waals surface area contributed by atoms with Gasteiger partial charge in [-0.2, -0.15) is 0 Å². The van der Waals surface area contributed by atoms with Gasteiger partial charge in [0, 0.05) is 6.54 Å². The standard InChI is InChI=1S/C11H16FNO/c1-9(7-13-2)14-8-10-3-5-11(12)6-4-10/h3-6,9,13H,7-8H2,1-2H3. The smallest absolute Gasteiger partial charge is 0.123 e. The van der Waals surface area contributed by atoms with E-state index in [-0.39, 0.29) is 11.9 Å². The van der Waals surface area contributed by atoms with Crippen LogP contribution in [0.15, 0.2) is 24.3 Å². The number of hydrogen-bond acceptors (Lipinski definition) is 2. The summed E-state index contributed by atoms with van der Waals surface area (Å²) in [7, 11) is 1.89. The van der Waals surface area contributed by atoms with Gasteiger partial charge in [-0.25, -0.2) is 4.39 Å². The molecule has 1 aromatic carbocycles. The highest BCUT2D eigenvalue weighted by Gasteiger charge is 2.00. The number of benzene rings is 1. The van der Waals surface area contributed by atoms with Crippen molar-refractivity contribution in [2.45, 2.75) is 19.6 Å². The van der Waals surface area contributed by atoms with Gasteiger partial charge in [-0.05, 0) is 31.7 Å². The van der Waals surface area contributed by atoms with Gasteiger partial charge >= 0.3 is 0 Å². The number of nitrogens with one attached hydrogen (secondary N) is 1. The first kappa shape index (κ1) is 11.1. The molecule has 0 aromatic heterocycles. The topological polar surface area (TPSA) is 21.3 Å². The van der Waals surface area contributed by atoms with Crippen LogP contribution in [0.4, 0.5) is 4.39 Å². The molecule has 1 aromatic rings. The van der Waals surface area contributed by atoms with Crippen molar-refractivity contribution in [1.82, 2.24) is 5.32 Å². The second-order valence-corrected chi connectivity index (χ2v) is 3.31. The minimum Gasteiger partial charge on any atom is -0.373 e. The van der Waals surface area contributed by atoms with Gasteiger partial charge in [-0.15, -0.1) is 0 Å². The van der Waals surface area contributed by atoms with E-state index in [1.54, 1.807) is 12.1 Å². The van der Waals surface area contributed by atoms with Crippen LogP contribution in [0, 0.1) is 5.82 Å². The van der Waals surface area contributed by atoms with E-state index in [1.807, 2.05) is 14.0 Å². The quantitative estimate of drug-likeness (QED) is 0.779. The summed E-state index contributed by atoms with van der Waals surface area (Å²) in [6, 6.07) is 6.37. The van der Waals surface area contributed by atoms with Crippen LogP contribution in [0.5, 0.6) is 0 Å². The lowest BCUT2D eigenvalue weighted by Gasteiger charge is -2.12. The molecule has 0 spiro atoms. The molecule has 1 rings (SSSR count). The van der Waals surface area contributed by atoms with Gasteiger partial charge in [0.15, 0.2) is 0 Å². The molecule has 0 aliphatic rings. The van der Waals surface area contributed by atoms with Crippen molar-refractivity contribution in [2.24, 2.45) is 0 Å². The largest absolute Gasteiger partial charge is 0.373 e. The third kappa shape index (κ3) is 3.85. The summed E-state index contributed by atoms with van der Waals surface area (Å²) in [5, 5.41) is 3.03. The van der Waals surface area contributed by atoms with Crippen LogP contribution in [-0.4, -0.2) is 19.7 Å². The summed E-state index contributed by atoms with van der Waals surface area (Å²) >= 11 is 0. The Labute approximate surface area is 84.1 Å². The first-order chi connectivity index (χ1) is 6.72. The van der Waals surface area contributed by atoms with E-state index < -0.39 is 0 Å². The molecule has 3 heteroatoms. The maximum absolute atomic E-state index is 12.6. The number of ether oxygens (including phenoxy) is 1. The van der Waals surface area contributed by atoms with Crippen molar-refractivity contribution < 1.29 is 9.13 Å². The Hall–Kier alpha value is -0.930. The Kier molecular flexibility index (Phi) is 4.56. The predicted octanol–water partition coefficient (Wildman–Crippen LogP) is 1.95. The Morgan fingerprint density at radius 1 is 1.36 bits per heavy atom. The third-order valence-corrected chi connectivity index (χ3v) is 1.94. The van der Waals surface area contributed by atoms with Gasteiger partial charge in [0.25, 0.3) is 0 Å². The highest BCUT2D eigenvalue weighted by Crippen LogP contribution is 2.05. The normalized spacial score (nSPS) is 12.8. The molecule has 0 bridgehead atoms. The summed E-state index contributed by atoms with van der Waals surface area (Å²) in [5.74, 6) is -0.211. The number of hydrogen-bond donors (Lipinski definition) is 1. The monoisotopic (exact) mass is 197 g/mol. The highest BCUT2D eigenvalue weighted by atomic mass is 19.1. The molecule has 0 amide bonds. The molecule has 78 valence electrons. The Morgan fingerprint density at radius 2 is 2.00 bits per heavy atom. The molecule has 14 heavy (non-hydrogen) atoms. The van der Waals surface area contributed by atoms with Crippen LogP contribution in [0.2, 0.25) is 0 Å². The van der Waals surface area contributed by atoms with E-state index in [2.05, 4.69) is 5.32 Å². The fourth-order valence-electron chi connectivity index (χ4n) is 1.17. The van der Waals surface area contributed by atoms with Crippen molar-refractivity contribution in [3.8, 4) is 0 Å². The first-order valence-electron chi connectivity index (χ1n) is 4.73. The predicted molar refractivity (Wildman–Crippen MR) is 54.6 cm³/mol. The second kappa shape index (κ2) is 5.73. The molecule has 2 nitrogen and oxygen atoms in total. The number of halogens is 1. The van der Waals surface area contributed by atoms with E-state index in [1.165, 1.54) is 12.1 Å². The minimum absolute atomic E-state index is 0.171. The molecule has 1 atom stereocenters. The van der Waals surface area contributed by atoms with Crippen LogP contribution in [-0.2, 0) is 11.3 Å². The van der Waals surface area contributed by atoms with Crippen molar-refractivity contribution in [1.29, 1.82) is 0 Å². The van der Waals surface area contributed by atoms with E-state index >= 15 is 0 Å². The minimum atomic E-state index is -0.211. The van der Waals surface area contributed by atoms with Crippen LogP contribution in [0.25, 0.3) is 0 Å². The molecule has 0 saturated carbocycles. The summed E-state index contributed by atoms with van der Waals surface area (Å²) < 4.78 is 18.1. The SMILES string of the molecule is CNCC(C)OCc1ccc(F)cc1. The van der Waals surface area contributed by atoms with Gasteiger partial charge in [-0.3, -0.25) is 0 Å². The lowest BCUT2D eigenvalue weighted by Crippen LogP contribution is -2.23. The number of likely N-dealkylation sites (N-methyl/N-ethyl adjacent to an activating group) is 1. The lowest BCUT2D eigenvalue weighted by molar-refractivity contribution is 0.0545. The zero-order valence-electron chi connectivity index (χ0n) is 8.59. The average molecular weight is 197 g/mol. The lowest BCUT2D eigenvalue weighted by atomic mass is 10.2. The van der Waals surface area contributed by atoms with E-state index in [9.17, 15) is 4.39 Å². The van der Waals surface area contributed by atoms with Crippen molar-refractivity contribution in [3.63, 3.8) is 0 Å². The molecule has 0 saturated heterocycles. The zero-order valence-corrected chi connectivity index (χ0v) is 8.59. The van der Waals surface area contributed by atoms with Gasteiger partial charge in [0.2, 0.25) is 0 Å². The molecule has 1 unspecified atom stereocenters. The van der Waals surface area contributed by atoms with Crippen LogP contribution in [0.1, 0.15) is 12.5 Å². The molecule has 0 radical (unpaired) electrons. The van der Waals surface area contributed by atoms with Gasteiger partial charge in [0.05, 0.1) is 12.7 Å². The van der Waals surface area contributed by atoms with Crippen molar-refractivity contribution in [2.75, 3.05) is 13.6 Å². The average Bonchev–Trinajstić information content (AvgIpc) is 2.17. The van der Waals surface area contributed by atoms with Gasteiger partial charge in [-0.1, -0.05) is 12.1 Å². The maximum Gasteiger partial charge on any atom is 0.123 e. The molecular formula is C11H16FNO. The first-order valence-corrected chi connectivity index (χ1v) is 4.73. The number of rotatable bonds is 5. The molecule has 0 aliphatic carbocycles. The molecule has 1 N–H and O–H groups in total. The fourth-order valence-corrected chi connectivity index (χ4v) is 1.17. The molecule has 0 aliphatic heterocycles. The summed E-state index contributed by atoms with van der Waals surface area (Å²) in [5.41, 5.74) is 0.995. The maximum atomic E-state index is 12.6. The Morgan fingerprint density at radius 3 is 2.57 bits per heavy atom. The highest BCUT2D eigenvalue weighted by molar-refractivity contribution is 5.14. The van der Waals surface area contributed by atoms with E-state index in [0.717, 1.165) is 12.1 Å². The molecular weight excluding hydrogens is 181 g/mol. The third-order valence-electron chi connectivity index (χ3n) is 1.94. The summed E-state index contributed by atoms with van der Waals surface area (Å²) in [6.07, 6.45) is 0.171. The van der Waals surface area contributed by atoms with Crippen LogP contribution in [0.3, 0.4) is 0 Å². The van der Waals surface area contributed by atoms with E-state index in [4.69, 9.17) is 4.74 Å². The van der Waals surface area contributed by atoms with Crippen molar-refractivity contribution in [3.05, 3.63) is 35.6 Å². The van der Waals surface area contributed by atoms with Gasteiger partial charge < -0.3 is 10.1 Å². The second-order valence-electron chi connectivity index (χ2n) is 3.31. The summed E-state index contributed by atoms with van der Waals surface area (Å²) in [6.45, 7) is 3.35. The molecule has 0 heterocycles. The Balaban J connectivity index is 2.34. The fraction of sp³-hybridized carbons (Fsp3) is 0.455. The summed E-state index contributed by atoms with van der Waals surface area (Å²) in [4.78, 5) is 0.